The molecular formula is C29H32FN5O. The Kier molecular flexibility index (Phi) is 6.35. The molecule has 0 aliphatic carbocycles. The molecule has 1 aliphatic heterocycles. The van der Waals surface area contributed by atoms with Gasteiger partial charge in [-0.1, -0.05) is 44.2 Å². The average molecular weight is 486 g/mol. The summed E-state index contributed by atoms with van der Waals surface area (Å²) in [5.74, 6) is 0.479. The van der Waals surface area contributed by atoms with Gasteiger partial charge in [-0.3, -0.25) is 0 Å². The summed E-state index contributed by atoms with van der Waals surface area (Å²) in [6.07, 6.45) is 0. The van der Waals surface area contributed by atoms with Crippen LogP contribution < -0.4 is 15.9 Å². The van der Waals surface area contributed by atoms with Crippen molar-refractivity contribution in [3.63, 3.8) is 0 Å². The maximum absolute atomic E-state index is 14.9. The van der Waals surface area contributed by atoms with Crippen LogP contribution in [0, 0.1) is 19.7 Å². The maximum atomic E-state index is 14.9. The van der Waals surface area contributed by atoms with Crippen LogP contribution in [0.3, 0.4) is 0 Å². The third-order valence-corrected chi connectivity index (χ3v) is 7.06. The highest BCUT2D eigenvalue weighted by Gasteiger charge is 2.26. The number of pyridine rings is 1. The van der Waals surface area contributed by atoms with E-state index in [1.807, 2.05) is 38.1 Å². The minimum absolute atomic E-state index is 0.168. The molecule has 2 aromatic carbocycles. The van der Waals surface area contributed by atoms with Crippen LogP contribution in [0.1, 0.15) is 43.4 Å². The number of nitrogens with zero attached hydrogens (tertiary/aromatic N) is 4. The number of benzene rings is 2. The molecule has 0 bridgehead atoms. The Bertz CT molecular complexity index is 1510. The number of aryl methyl sites for hydroxylation is 2. The zero-order chi connectivity index (χ0) is 25.6. The summed E-state index contributed by atoms with van der Waals surface area (Å²) in [5.41, 5.74) is 4.69. The Balaban J connectivity index is 1.90. The number of piperazine rings is 1. The summed E-state index contributed by atoms with van der Waals surface area (Å²) in [5, 5.41) is 4.19. The van der Waals surface area contributed by atoms with Gasteiger partial charge in [0.15, 0.2) is 5.65 Å². The molecule has 1 unspecified atom stereocenters. The van der Waals surface area contributed by atoms with Crippen LogP contribution in [0.5, 0.6) is 0 Å². The van der Waals surface area contributed by atoms with Gasteiger partial charge in [0.25, 0.3) is 0 Å². The van der Waals surface area contributed by atoms with E-state index in [-0.39, 0.29) is 23.5 Å². The Hall–Kier alpha value is -3.58. The van der Waals surface area contributed by atoms with Crippen molar-refractivity contribution < 1.29 is 4.39 Å². The predicted molar refractivity (Wildman–Crippen MR) is 144 cm³/mol. The number of aromatic nitrogens is 3. The number of para-hydroxylation sites is 1. The quantitative estimate of drug-likeness (QED) is 0.435. The first-order chi connectivity index (χ1) is 17.3. The molecule has 36 heavy (non-hydrogen) atoms. The number of fused-ring (bicyclic) bond motifs is 1. The summed E-state index contributed by atoms with van der Waals surface area (Å²) in [7, 11) is 0. The van der Waals surface area contributed by atoms with Gasteiger partial charge in [-0.2, -0.15) is 4.98 Å². The third-order valence-electron chi connectivity index (χ3n) is 7.06. The summed E-state index contributed by atoms with van der Waals surface area (Å²) in [6, 6.07) is 14.9. The summed E-state index contributed by atoms with van der Waals surface area (Å²) in [4.78, 5) is 25.7. The van der Waals surface area contributed by atoms with E-state index < -0.39 is 0 Å². The number of rotatable bonds is 4. The molecule has 1 atom stereocenters. The Morgan fingerprint density at radius 2 is 1.83 bits per heavy atom. The van der Waals surface area contributed by atoms with Gasteiger partial charge in [0.05, 0.1) is 16.8 Å². The number of nitrogens with one attached hydrogen (secondary N) is 1. The van der Waals surface area contributed by atoms with Crippen LogP contribution in [0.15, 0.2) is 53.3 Å². The van der Waals surface area contributed by atoms with E-state index in [4.69, 9.17) is 4.98 Å². The molecule has 0 radical (unpaired) electrons. The van der Waals surface area contributed by atoms with E-state index in [2.05, 4.69) is 36.0 Å². The fourth-order valence-corrected chi connectivity index (χ4v) is 5.19. The number of hydrogen-bond donors (Lipinski definition) is 1. The molecule has 186 valence electrons. The largest absolute Gasteiger partial charge is 0.355 e. The van der Waals surface area contributed by atoms with Crippen molar-refractivity contribution in [1.82, 2.24) is 19.9 Å². The minimum atomic E-state index is -0.379. The van der Waals surface area contributed by atoms with E-state index in [0.717, 1.165) is 47.4 Å². The molecule has 3 heterocycles. The Labute approximate surface area is 210 Å². The molecule has 6 nitrogen and oxygen atoms in total. The van der Waals surface area contributed by atoms with Gasteiger partial charge < -0.3 is 10.2 Å². The van der Waals surface area contributed by atoms with Gasteiger partial charge >= 0.3 is 5.69 Å². The lowest BCUT2D eigenvalue weighted by Crippen LogP contribution is -2.50. The van der Waals surface area contributed by atoms with Crippen molar-refractivity contribution in [2.75, 3.05) is 24.5 Å². The fraction of sp³-hybridized carbons (Fsp3) is 0.345. The standard InChI is InChI=1S/C29H32FN5O/c1-17(2)21-11-8-9-18(3)26(21)35-28-23(27(33-29(35)36)34-14-13-31-16-20(34)5)15-19(4)25(32-28)22-10-6-7-12-24(22)30/h6-12,15,17,20,31H,13-14,16H2,1-5H3. The topological polar surface area (TPSA) is 63.1 Å². The van der Waals surface area contributed by atoms with E-state index in [1.54, 1.807) is 22.8 Å². The Morgan fingerprint density at radius 1 is 1.06 bits per heavy atom. The van der Waals surface area contributed by atoms with Gasteiger partial charge in [0.1, 0.15) is 11.6 Å². The van der Waals surface area contributed by atoms with E-state index in [1.165, 1.54) is 6.07 Å². The lowest BCUT2D eigenvalue weighted by molar-refractivity contribution is 0.497. The molecule has 1 N–H and O–H groups in total. The number of halogens is 1. The van der Waals surface area contributed by atoms with Crippen molar-refractivity contribution in [3.05, 3.63) is 81.5 Å². The monoisotopic (exact) mass is 485 g/mol. The first-order valence-electron chi connectivity index (χ1n) is 12.5. The van der Waals surface area contributed by atoms with Gasteiger partial charge in [-0.15, -0.1) is 0 Å². The molecular weight excluding hydrogens is 453 g/mol. The van der Waals surface area contributed by atoms with Crippen molar-refractivity contribution in [1.29, 1.82) is 0 Å². The third kappa shape index (κ3) is 4.07. The number of hydrogen-bond acceptors (Lipinski definition) is 5. The molecule has 1 fully saturated rings. The van der Waals surface area contributed by atoms with E-state index in [0.29, 0.717) is 22.7 Å². The zero-order valence-electron chi connectivity index (χ0n) is 21.5. The molecule has 7 heteroatoms. The molecule has 2 aromatic heterocycles. The van der Waals surface area contributed by atoms with Crippen LogP contribution in [0.2, 0.25) is 0 Å². The minimum Gasteiger partial charge on any atom is -0.351 e. The van der Waals surface area contributed by atoms with Gasteiger partial charge in [-0.05, 0) is 61.6 Å². The lowest BCUT2D eigenvalue weighted by atomic mass is 9.97. The summed E-state index contributed by atoms with van der Waals surface area (Å²) < 4.78 is 16.5. The highest BCUT2D eigenvalue weighted by Crippen LogP contribution is 2.34. The second-order valence-corrected chi connectivity index (χ2v) is 9.97. The van der Waals surface area contributed by atoms with Crippen LogP contribution in [0.25, 0.3) is 28.0 Å². The summed E-state index contributed by atoms with van der Waals surface area (Å²) in [6.45, 7) is 12.6. The van der Waals surface area contributed by atoms with E-state index in [9.17, 15) is 9.18 Å². The highest BCUT2D eigenvalue weighted by molar-refractivity contribution is 5.91. The van der Waals surface area contributed by atoms with Crippen molar-refractivity contribution in [3.8, 4) is 16.9 Å². The predicted octanol–water partition coefficient (Wildman–Crippen LogP) is 5.13. The SMILES string of the molecule is Cc1cc2c(N3CCNCC3C)nc(=O)n(-c3c(C)cccc3C(C)C)c2nc1-c1ccccc1F. The van der Waals surface area contributed by atoms with Crippen LogP contribution in [-0.2, 0) is 0 Å². The molecule has 5 rings (SSSR count). The maximum Gasteiger partial charge on any atom is 0.355 e. The zero-order valence-corrected chi connectivity index (χ0v) is 21.5. The van der Waals surface area contributed by atoms with E-state index >= 15 is 0 Å². The van der Waals surface area contributed by atoms with Gasteiger partial charge in [0.2, 0.25) is 0 Å². The second kappa shape index (κ2) is 9.47. The smallest absolute Gasteiger partial charge is 0.351 e. The molecule has 0 amide bonds. The molecule has 4 aromatic rings. The normalized spacial score (nSPS) is 16.2. The van der Waals surface area contributed by atoms with Crippen molar-refractivity contribution in [2.24, 2.45) is 0 Å². The first-order valence-corrected chi connectivity index (χ1v) is 12.5. The van der Waals surface area contributed by atoms with Gasteiger partial charge in [0, 0.05) is 31.2 Å². The second-order valence-electron chi connectivity index (χ2n) is 9.97. The fourth-order valence-electron chi connectivity index (χ4n) is 5.19. The van der Waals surface area contributed by atoms with Crippen LogP contribution in [-0.4, -0.2) is 40.2 Å². The van der Waals surface area contributed by atoms with Crippen LogP contribution >= 0.6 is 0 Å². The number of anilines is 1. The highest BCUT2D eigenvalue weighted by atomic mass is 19.1. The molecule has 0 saturated carbocycles. The Morgan fingerprint density at radius 3 is 2.56 bits per heavy atom. The average Bonchev–Trinajstić information content (AvgIpc) is 2.85. The van der Waals surface area contributed by atoms with Crippen LogP contribution in [0.4, 0.5) is 10.2 Å². The first kappa shape index (κ1) is 24.1. The summed E-state index contributed by atoms with van der Waals surface area (Å²) >= 11 is 0. The lowest BCUT2D eigenvalue weighted by Gasteiger charge is -2.35. The molecule has 0 spiro atoms. The van der Waals surface area contributed by atoms with Crippen molar-refractivity contribution >= 4 is 16.9 Å². The molecule has 1 aliphatic rings. The van der Waals surface area contributed by atoms with Crippen molar-refractivity contribution in [2.45, 2.75) is 46.6 Å². The van der Waals surface area contributed by atoms with Gasteiger partial charge in [-0.25, -0.2) is 18.7 Å². The molecule has 1 saturated heterocycles.